The summed E-state index contributed by atoms with van der Waals surface area (Å²) in [5, 5.41) is 0.613. The number of allylic oxidation sites excluding steroid dienone is 1. The van der Waals surface area contributed by atoms with Crippen LogP contribution in [0.4, 0.5) is 0 Å². The molecule has 1 aliphatic heterocycles. The number of halogens is 1. The van der Waals surface area contributed by atoms with Crippen LogP contribution in [0, 0.1) is 0 Å². The highest BCUT2D eigenvalue weighted by atomic mass is 35.5. The van der Waals surface area contributed by atoms with Gasteiger partial charge in [0.1, 0.15) is 11.5 Å². The number of carbonyl (C=O) groups excluding carboxylic acids is 1. The lowest BCUT2D eigenvalue weighted by Crippen LogP contribution is -2.39. The van der Waals surface area contributed by atoms with E-state index in [0.717, 1.165) is 11.1 Å². The van der Waals surface area contributed by atoms with Crippen LogP contribution in [0.3, 0.4) is 0 Å². The Kier molecular flexibility index (Phi) is 6.75. The number of esters is 1. The molecule has 0 N–H and O–H groups in total. The number of furan rings is 1. The maximum Gasteiger partial charge on any atom is 0.338 e. The summed E-state index contributed by atoms with van der Waals surface area (Å²) in [6, 6.07) is 18.4. The molecule has 1 atom stereocenters. The van der Waals surface area contributed by atoms with Gasteiger partial charge in [-0.1, -0.05) is 73.2 Å². The molecule has 37 heavy (non-hydrogen) atoms. The Morgan fingerprint density at radius 2 is 1.92 bits per heavy atom. The number of fused-ring (bicyclic) bond motifs is 1. The summed E-state index contributed by atoms with van der Waals surface area (Å²) in [4.78, 5) is 31.7. The quantitative estimate of drug-likeness (QED) is 0.321. The highest BCUT2D eigenvalue weighted by Crippen LogP contribution is 2.31. The van der Waals surface area contributed by atoms with Gasteiger partial charge in [-0.2, -0.15) is 0 Å². The standard InChI is InChI=1S/C29H25ClN2O4S/c1-16(2)18-8-10-19(11-9-18)26-25(28(34)35-4)17(3)31-29-32(26)27(33)24(37-29)15-22-12-13-23(36-22)20-6-5-7-21(30)14-20/h5-16,26H,1-4H3/b24-15-. The van der Waals surface area contributed by atoms with Crippen molar-refractivity contribution in [1.82, 2.24) is 4.57 Å². The van der Waals surface area contributed by atoms with E-state index in [0.29, 0.717) is 43.1 Å². The van der Waals surface area contributed by atoms with Crippen molar-refractivity contribution in [2.24, 2.45) is 4.99 Å². The summed E-state index contributed by atoms with van der Waals surface area (Å²) in [6.07, 6.45) is 1.70. The van der Waals surface area contributed by atoms with Crippen LogP contribution in [0.25, 0.3) is 17.4 Å². The van der Waals surface area contributed by atoms with Crippen molar-refractivity contribution in [2.75, 3.05) is 7.11 Å². The van der Waals surface area contributed by atoms with Gasteiger partial charge in [0.05, 0.1) is 29.0 Å². The third-order valence-electron chi connectivity index (χ3n) is 6.36. The summed E-state index contributed by atoms with van der Waals surface area (Å²) in [6.45, 7) is 6.01. The Morgan fingerprint density at radius 1 is 1.16 bits per heavy atom. The van der Waals surface area contributed by atoms with Gasteiger partial charge < -0.3 is 9.15 Å². The van der Waals surface area contributed by atoms with Crippen molar-refractivity contribution in [3.8, 4) is 11.3 Å². The molecule has 0 aliphatic carbocycles. The summed E-state index contributed by atoms with van der Waals surface area (Å²) in [7, 11) is 1.33. The molecule has 6 nitrogen and oxygen atoms in total. The fraction of sp³-hybridized carbons (Fsp3) is 0.207. The van der Waals surface area contributed by atoms with E-state index in [1.807, 2.05) is 54.6 Å². The maximum atomic E-state index is 13.7. The van der Waals surface area contributed by atoms with Gasteiger partial charge in [0.25, 0.3) is 5.56 Å². The van der Waals surface area contributed by atoms with Gasteiger partial charge in [-0.05, 0) is 48.2 Å². The van der Waals surface area contributed by atoms with Crippen LogP contribution in [0.1, 0.15) is 49.6 Å². The van der Waals surface area contributed by atoms with E-state index in [2.05, 4.69) is 18.8 Å². The van der Waals surface area contributed by atoms with E-state index < -0.39 is 12.0 Å². The zero-order chi connectivity index (χ0) is 26.3. The van der Waals surface area contributed by atoms with E-state index in [1.165, 1.54) is 24.0 Å². The van der Waals surface area contributed by atoms with Gasteiger partial charge in [0, 0.05) is 16.7 Å². The molecule has 5 rings (SSSR count). The van der Waals surface area contributed by atoms with Crippen molar-refractivity contribution >= 4 is 35.0 Å². The van der Waals surface area contributed by atoms with Crippen molar-refractivity contribution in [1.29, 1.82) is 0 Å². The largest absolute Gasteiger partial charge is 0.466 e. The predicted molar refractivity (Wildman–Crippen MR) is 145 cm³/mol. The van der Waals surface area contributed by atoms with Crippen molar-refractivity contribution in [3.63, 3.8) is 0 Å². The number of ether oxygens (including phenoxy) is 1. The number of benzene rings is 2. The first-order valence-electron chi connectivity index (χ1n) is 11.8. The number of carbonyl (C=O) groups is 1. The van der Waals surface area contributed by atoms with Gasteiger partial charge in [0.2, 0.25) is 0 Å². The van der Waals surface area contributed by atoms with Crippen molar-refractivity contribution in [3.05, 3.63) is 114 Å². The third kappa shape index (κ3) is 4.72. The van der Waals surface area contributed by atoms with E-state index in [9.17, 15) is 9.59 Å². The molecule has 2 aromatic heterocycles. The average molecular weight is 533 g/mol. The second-order valence-electron chi connectivity index (χ2n) is 9.11. The number of hydrogen-bond acceptors (Lipinski definition) is 6. The highest BCUT2D eigenvalue weighted by Gasteiger charge is 2.33. The van der Waals surface area contributed by atoms with E-state index in [-0.39, 0.29) is 5.56 Å². The minimum Gasteiger partial charge on any atom is -0.466 e. The lowest BCUT2D eigenvalue weighted by atomic mass is 9.93. The fourth-order valence-corrected chi connectivity index (χ4v) is 5.64. The number of hydrogen-bond donors (Lipinski definition) is 0. The van der Waals surface area contributed by atoms with Crippen LogP contribution in [0.15, 0.2) is 86.1 Å². The average Bonchev–Trinajstić information content (AvgIpc) is 3.47. The van der Waals surface area contributed by atoms with Gasteiger partial charge in [-0.3, -0.25) is 9.36 Å². The second kappa shape index (κ2) is 10.00. The first-order chi connectivity index (χ1) is 17.8. The number of nitrogens with zero attached hydrogens (tertiary/aromatic N) is 2. The molecule has 1 aliphatic rings. The monoisotopic (exact) mass is 532 g/mol. The van der Waals surface area contributed by atoms with Gasteiger partial charge >= 0.3 is 5.97 Å². The fourth-order valence-electron chi connectivity index (χ4n) is 4.43. The Labute approximate surface area is 222 Å². The molecular weight excluding hydrogens is 508 g/mol. The molecule has 0 bridgehead atoms. The van der Waals surface area contributed by atoms with Gasteiger partial charge in [-0.15, -0.1) is 0 Å². The lowest BCUT2D eigenvalue weighted by Gasteiger charge is -2.24. The number of thiazole rings is 1. The summed E-state index contributed by atoms with van der Waals surface area (Å²) in [5.41, 5.74) is 3.45. The molecule has 8 heteroatoms. The molecule has 2 aromatic carbocycles. The van der Waals surface area contributed by atoms with Crippen molar-refractivity contribution < 1.29 is 13.9 Å². The third-order valence-corrected chi connectivity index (χ3v) is 7.57. The molecule has 3 heterocycles. The van der Waals surface area contributed by atoms with Crippen molar-refractivity contribution in [2.45, 2.75) is 32.7 Å². The van der Waals surface area contributed by atoms with E-state index in [4.69, 9.17) is 20.8 Å². The zero-order valence-electron chi connectivity index (χ0n) is 20.8. The Morgan fingerprint density at radius 3 is 2.59 bits per heavy atom. The van der Waals surface area contributed by atoms with Crippen LogP contribution < -0.4 is 14.9 Å². The van der Waals surface area contributed by atoms with Gasteiger partial charge in [-0.25, -0.2) is 9.79 Å². The van der Waals surface area contributed by atoms with Crippen LogP contribution in [-0.2, 0) is 9.53 Å². The second-order valence-corrected chi connectivity index (χ2v) is 10.6. The Bertz CT molecular complexity index is 1710. The highest BCUT2D eigenvalue weighted by molar-refractivity contribution is 7.07. The number of methoxy groups -OCH3 is 1. The normalized spacial score (nSPS) is 15.6. The van der Waals surface area contributed by atoms with Crippen LogP contribution in [0.5, 0.6) is 0 Å². The summed E-state index contributed by atoms with van der Waals surface area (Å²) in [5.74, 6) is 1.03. The minimum atomic E-state index is -0.648. The molecule has 0 amide bonds. The molecule has 0 radical (unpaired) electrons. The maximum absolute atomic E-state index is 13.7. The first kappa shape index (κ1) is 25.0. The molecule has 188 valence electrons. The van der Waals surface area contributed by atoms with Crippen LogP contribution >= 0.6 is 22.9 Å². The zero-order valence-corrected chi connectivity index (χ0v) is 22.4. The number of rotatable bonds is 5. The Balaban J connectivity index is 1.63. The van der Waals surface area contributed by atoms with Crippen LogP contribution in [0.2, 0.25) is 5.02 Å². The minimum absolute atomic E-state index is 0.253. The molecule has 0 saturated heterocycles. The van der Waals surface area contributed by atoms with Gasteiger partial charge in [0.15, 0.2) is 4.80 Å². The predicted octanol–water partition coefficient (Wildman–Crippen LogP) is 5.45. The topological polar surface area (TPSA) is 73.8 Å². The smallest absolute Gasteiger partial charge is 0.338 e. The molecule has 0 fully saturated rings. The Hall–Kier alpha value is -3.68. The molecule has 0 spiro atoms. The van der Waals surface area contributed by atoms with E-state index in [1.54, 1.807) is 23.6 Å². The SMILES string of the molecule is COC(=O)C1=C(C)N=c2s/c(=C\c3ccc(-c4cccc(Cl)c4)o3)c(=O)n2C1c1ccc(C(C)C)cc1. The lowest BCUT2D eigenvalue weighted by molar-refractivity contribution is -0.136. The first-order valence-corrected chi connectivity index (χ1v) is 13.0. The molecule has 1 unspecified atom stereocenters. The number of aromatic nitrogens is 1. The molecular formula is C29H25ClN2O4S. The van der Waals surface area contributed by atoms with E-state index >= 15 is 0 Å². The summed E-state index contributed by atoms with van der Waals surface area (Å²) < 4.78 is 13.1. The van der Waals surface area contributed by atoms with Crippen LogP contribution in [-0.4, -0.2) is 17.6 Å². The molecule has 4 aromatic rings. The summed E-state index contributed by atoms with van der Waals surface area (Å²) >= 11 is 7.37. The molecule has 0 saturated carbocycles.